The molecule has 0 saturated heterocycles. The molecule has 3 rings (SSSR count). The second kappa shape index (κ2) is 6.02. The molecule has 0 bridgehead atoms. The van der Waals surface area contributed by atoms with Crippen LogP contribution in [0.3, 0.4) is 0 Å². The number of fused-ring (bicyclic) bond motifs is 1. The third kappa shape index (κ3) is 2.77. The van der Waals surface area contributed by atoms with Crippen LogP contribution in [-0.2, 0) is 6.42 Å². The third-order valence-electron chi connectivity index (χ3n) is 4.11. The van der Waals surface area contributed by atoms with Gasteiger partial charge < -0.3 is 5.11 Å². The van der Waals surface area contributed by atoms with E-state index in [9.17, 15) is 5.11 Å². The molecule has 1 aliphatic heterocycles. The van der Waals surface area contributed by atoms with Crippen molar-refractivity contribution in [2.75, 3.05) is 6.61 Å². The van der Waals surface area contributed by atoms with Gasteiger partial charge in [0.15, 0.2) is 0 Å². The molecule has 1 heterocycles. The standard InChI is InChI=1S/C18H20OS/c1-13-6-2-4-8-17(13)15(12-19)11-16-10-14-7-3-5-9-18(14)20-16/h2-9,15-16,19H,10-12H2,1H3. The van der Waals surface area contributed by atoms with E-state index < -0.39 is 0 Å². The molecule has 0 radical (unpaired) electrons. The molecular weight excluding hydrogens is 264 g/mol. The van der Waals surface area contributed by atoms with Gasteiger partial charge in [-0.3, -0.25) is 0 Å². The number of aliphatic hydroxyl groups is 1. The monoisotopic (exact) mass is 284 g/mol. The van der Waals surface area contributed by atoms with E-state index in [4.69, 9.17) is 0 Å². The zero-order valence-corrected chi connectivity index (χ0v) is 12.6. The lowest BCUT2D eigenvalue weighted by atomic mass is 9.90. The van der Waals surface area contributed by atoms with Crippen LogP contribution in [-0.4, -0.2) is 17.0 Å². The minimum Gasteiger partial charge on any atom is -0.396 e. The zero-order valence-electron chi connectivity index (χ0n) is 11.8. The molecule has 0 amide bonds. The van der Waals surface area contributed by atoms with E-state index in [0.717, 1.165) is 12.8 Å². The van der Waals surface area contributed by atoms with E-state index in [2.05, 4.69) is 55.5 Å². The highest BCUT2D eigenvalue weighted by atomic mass is 32.2. The summed E-state index contributed by atoms with van der Waals surface area (Å²) in [5, 5.41) is 10.4. The van der Waals surface area contributed by atoms with E-state index in [-0.39, 0.29) is 12.5 Å². The molecule has 104 valence electrons. The Morgan fingerprint density at radius 3 is 2.65 bits per heavy atom. The maximum atomic E-state index is 9.77. The third-order valence-corrected chi connectivity index (χ3v) is 5.45. The fourth-order valence-corrected chi connectivity index (χ4v) is 4.46. The van der Waals surface area contributed by atoms with E-state index in [1.807, 2.05) is 11.8 Å². The highest BCUT2D eigenvalue weighted by molar-refractivity contribution is 8.00. The lowest BCUT2D eigenvalue weighted by molar-refractivity contribution is 0.258. The molecule has 2 aromatic rings. The van der Waals surface area contributed by atoms with Gasteiger partial charge in [-0.1, -0.05) is 42.5 Å². The van der Waals surface area contributed by atoms with E-state index in [0.29, 0.717) is 5.25 Å². The summed E-state index contributed by atoms with van der Waals surface area (Å²) < 4.78 is 0. The molecule has 2 aromatic carbocycles. The summed E-state index contributed by atoms with van der Waals surface area (Å²) in [7, 11) is 0. The number of rotatable bonds is 4. The highest BCUT2D eigenvalue weighted by Crippen LogP contribution is 2.41. The van der Waals surface area contributed by atoms with Crippen LogP contribution in [0.2, 0.25) is 0 Å². The Hall–Kier alpha value is -1.25. The van der Waals surface area contributed by atoms with Crippen LogP contribution in [0.25, 0.3) is 0 Å². The summed E-state index contributed by atoms with van der Waals surface area (Å²) >= 11 is 1.97. The van der Waals surface area contributed by atoms with Crippen molar-refractivity contribution in [1.29, 1.82) is 0 Å². The number of aryl methyl sites for hydroxylation is 1. The SMILES string of the molecule is Cc1ccccc1C(CO)CC1Cc2ccccc2S1. The second-order valence-corrected chi connectivity index (χ2v) is 6.87. The van der Waals surface area contributed by atoms with Crippen molar-refractivity contribution in [2.45, 2.75) is 35.8 Å². The van der Waals surface area contributed by atoms with Crippen molar-refractivity contribution in [3.05, 3.63) is 65.2 Å². The fourth-order valence-electron chi connectivity index (χ4n) is 3.05. The van der Waals surface area contributed by atoms with Crippen LogP contribution in [0.4, 0.5) is 0 Å². The van der Waals surface area contributed by atoms with Gasteiger partial charge in [-0.05, 0) is 42.5 Å². The average molecular weight is 284 g/mol. The second-order valence-electron chi connectivity index (χ2n) is 5.52. The Bertz CT molecular complexity index is 568. The van der Waals surface area contributed by atoms with Gasteiger partial charge in [-0.2, -0.15) is 0 Å². The van der Waals surface area contributed by atoms with Crippen LogP contribution >= 0.6 is 11.8 Å². The fraction of sp³-hybridized carbons (Fsp3) is 0.333. The molecule has 0 fully saturated rings. The summed E-state index contributed by atoms with van der Waals surface area (Å²) in [5.41, 5.74) is 4.04. The van der Waals surface area contributed by atoms with Crippen molar-refractivity contribution in [3.8, 4) is 0 Å². The normalized spacial score (nSPS) is 18.8. The summed E-state index contributed by atoms with van der Waals surface area (Å²) in [5.74, 6) is 0.253. The van der Waals surface area contributed by atoms with E-state index >= 15 is 0 Å². The smallest absolute Gasteiger partial charge is 0.0500 e. The van der Waals surface area contributed by atoms with Gasteiger partial charge in [-0.25, -0.2) is 0 Å². The first-order valence-corrected chi connectivity index (χ1v) is 8.07. The minimum absolute atomic E-state index is 0.234. The summed E-state index contributed by atoms with van der Waals surface area (Å²) in [6.07, 6.45) is 2.17. The van der Waals surface area contributed by atoms with Gasteiger partial charge in [0, 0.05) is 22.7 Å². The van der Waals surface area contributed by atoms with Gasteiger partial charge >= 0.3 is 0 Å². The first-order chi connectivity index (χ1) is 9.78. The lowest BCUT2D eigenvalue weighted by Gasteiger charge is -2.20. The number of hydrogen-bond donors (Lipinski definition) is 1. The minimum atomic E-state index is 0.234. The molecule has 0 aromatic heterocycles. The molecular formula is C18H20OS. The maximum Gasteiger partial charge on any atom is 0.0500 e. The van der Waals surface area contributed by atoms with Gasteiger partial charge in [0.2, 0.25) is 0 Å². The van der Waals surface area contributed by atoms with Crippen LogP contribution in [0, 0.1) is 6.92 Å². The summed E-state index contributed by atoms with van der Waals surface area (Å²) in [4.78, 5) is 1.42. The largest absolute Gasteiger partial charge is 0.396 e. The molecule has 0 aliphatic carbocycles. The van der Waals surface area contributed by atoms with Gasteiger partial charge in [0.1, 0.15) is 0 Å². The molecule has 1 nitrogen and oxygen atoms in total. The molecule has 2 heteroatoms. The lowest BCUT2D eigenvalue weighted by Crippen LogP contribution is -2.13. The Labute approximate surface area is 125 Å². The molecule has 2 unspecified atom stereocenters. The summed E-state index contributed by atoms with van der Waals surface area (Å²) in [6.45, 7) is 2.37. The van der Waals surface area contributed by atoms with Crippen molar-refractivity contribution in [3.63, 3.8) is 0 Å². The van der Waals surface area contributed by atoms with Crippen molar-refractivity contribution in [2.24, 2.45) is 0 Å². The highest BCUT2D eigenvalue weighted by Gasteiger charge is 2.25. The molecule has 1 N–H and O–H groups in total. The first-order valence-electron chi connectivity index (χ1n) is 7.19. The van der Waals surface area contributed by atoms with Gasteiger partial charge in [0.05, 0.1) is 0 Å². The Kier molecular flexibility index (Phi) is 4.13. The molecule has 0 saturated carbocycles. The molecule has 0 spiro atoms. The Balaban J connectivity index is 1.73. The maximum absolute atomic E-state index is 9.77. The number of aliphatic hydroxyl groups excluding tert-OH is 1. The zero-order chi connectivity index (χ0) is 13.9. The molecule has 2 atom stereocenters. The average Bonchev–Trinajstić information content (AvgIpc) is 2.88. The predicted octanol–water partition coefficient (Wildman–Crippen LogP) is 4.18. The Morgan fingerprint density at radius 1 is 1.15 bits per heavy atom. The van der Waals surface area contributed by atoms with Crippen molar-refractivity contribution < 1.29 is 5.11 Å². The van der Waals surface area contributed by atoms with E-state index in [1.54, 1.807) is 0 Å². The van der Waals surface area contributed by atoms with Gasteiger partial charge in [0.25, 0.3) is 0 Å². The Morgan fingerprint density at radius 2 is 1.90 bits per heavy atom. The molecule has 20 heavy (non-hydrogen) atoms. The van der Waals surface area contributed by atoms with Gasteiger partial charge in [-0.15, -0.1) is 11.8 Å². The van der Waals surface area contributed by atoms with Crippen LogP contribution in [0.5, 0.6) is 0 Å². The van der Waals surface area contributed by atoms with E-state index in [1.165, 1.54) is 21.6 Å². The number of hydrogen-bond acceptors (Lipinski definition) is 2. The summed E-state index contributed by atoms with van der Waals surface area (Å²) in [6, 6.07) is 17.1. The number of benzene rings is 2. The van der Waals surface area contributed by atoms with Crippen molar-refractivity contribution >= 4 is 11.8 Å². The first kappa shape index (κ1) is 13.7. The van der Waals surface area contributed by atoms with Crippen molar-refractivity contribution in [1.82, 2.24) is 0 Å². The number of thioether (sulfide) groups is 1. The predicted molar refractivity (Wildman–Crippen MR) is 85.4 cm³/mol. The van der Waals surface area contributed by atoms with Crippen LogP contribution < -0.4 is 0 Å². The van der Waals surface area contributed by atoms with Crippen LogP contribution in [0.1, 0.15) is 29.0 Å². The van der Waals surface area contributed by atoms with Crippen LogP contribution in [0.15, 0.2) is 53.4 Å². The molecule has 1 aliphatic rings. The topological polar surface area (TPSA) is 20.2 Å². The quantitative estimate of drug-likeness (QED) is 0.909.